The fraction of sp³-hybridized carbons (Fsp3) is 0.353. The zero-order chi connectivity index (χ0) is 16.7. The molecule has 0 unspecified atom stereocenters. The van der Waals surface area contributed by atoms with E-state index >= 15 is 0 Å². The molecule has 0 saturated carbocycles. The number of carbonyl (C=O) groups is 1. The molecule has 1 aromatic carbocycles. The Labute approximate surface area is 139 Å². The molecule has 1 aromatic heterocycles. The van der Waals surface area contributed by atoms with Gasteiger partial charge in [-0.1, -0.05) is 12.1 Å². The smallest absolute Gasteiger partial charge is 0.295 e. The van der Waals surface area contributed by atoms with Gasteiger partial charge in [0, 0.05) is 24.8 Å². The average Bonchev–Trinajstić information content (AvgIpc) is 3.22. The lowest BCUT2D eigenvalue weighted by molar-refractivity contribution is 0.0699. The highest BCUT2D eigenvalue weighted by Gasteiger charge is 2.43. The number of aryl methyl sites for hydroxylation is 1. The zero-order valence-electron chi connectivity index (χ0n) is 13.4. The number of rotatable bonds is 3. The highest BCUT2D eigenvalue weighted by atomic mass is 16.5. The summed E-state index contributed by atoms with van der Waals surface area (Å²) >= 11 is 0. The molecule has 124 valence electrons. The molecule has 2 atom stereocenters. The van der Waals surface area contributed by atoms with Crippen LogP contribution in [0.15, 0.2) is 36.4 Å². The van der Waals surface area contributed by atoms with Crippen LogP contribution in [0, 0.1) is 6.92 Å². The van der Waals surface area contributed by atoms with Crippen LogP contribution in [0.25, 0.3) is 0 Å². The van der Waals surface area contributed by atoms with Gasteiger partial charge in [0.1, 0.15) is 0 Å². The Morgan fingerprint density at radius 1 is 1.17 bits per heavy atom. The van der Waals surface area contributed by atoms with Crippen LogP contribution in [-0.4, -0.2) is 46.5 Å². The van der Waals surface area contributed by atoms with Crippen molar-refractivity contribution >= 4 is 17.4 Å². The molecular weight excluding hydrogens is 306 g/mol. The summed E-state index contributed by atoms with van der Waals surface area (Å²) in [7, 11) is 0. The molecule has 7 nitrogen and oxygen atoms in total. The number of piperazine rings is 1. The molecule has 24 heavy (non-hydrogen) atoms. The normalized spacial score (nSPS) is 22.1. The lowest BCUT2D eigenvalue weighted by atomic mass is 10.2. The second-order valence-corrected chi connectivity index (χ2v) is 6.40. The number of fused-ring (bicyclic) bond motifs is 2. The third-order valence-corrected chi connectivity index (χ3v) is 4.85. The van der Waals surface area contributed by atoms with Crippen LogP contribution in [0.3, 0.4) is 0 Å². The lowest BCUT2D eigenvalue weighted by Crippen LogP contribution is -2.47. The van der Waals surface area contributed by atoms with E-state index in [1.807, 2.05) is 0 Å². The van der Waals surface area contributed by atoms with Crippen molar-refractivity contribution in [3.8, 4) is 0 Å². The number of aromatic nitrogens is 2. The summed E-state index contributed by atoms with van der Waals surface area (Å²) in [5.41, 5.74) is 4.22. The van der Waals surface area contributed by atoms with E-state index in [1.165, 1.54) is 11.3 Å². The van der Waals surface area contributed by atoms with Crippen LogP contribution in [0.2, 0.25) is 0 Å². The summed E-state index contributed by atoms with van der Waals surface area (Å²) in [6, 6.07) is 12.9. The van der Waals surface area contributed by atoms with Crippen molar-refractivity contribution in [3.63, 3.8) is 0 Å². The van der Waals surface area contributed by atoms with Gasteiger partial charge in [0.05, 0.1) is 6.04 Å². The van der Waals surface area contributed by atoms with Gasteiger partial charge >= 0.3 is 0 Å². The first kappa shape index (κ1) is 14.9. The van der Waals surface area contributed by atoms with Gasteiger partial charge in [0.25, 0.3) is 5.91 Å². The van der Waals surface area contributed by atoms with Crippen molar-refractivity contribution in [1.29, 1.82) is 0 Å². The van der Waals surface area contributed by atoms with Gasteiger partial charge in [0.2, 0.25) is 0 Å². The van der Waals surface area contributed by atoms with Gasteiger partial charge in [-0.25, -0.2) is 5.48 Å². The number of benzene rings is 1. The third kappa shape index (κ3) is 2.46. The zero-order valence-corrected chi connectivity index (χ0v) is 13.4. The number of hydrogen-bond acceptors (Lipinski definition) is 6. The topological polar surface area (TPSA) is 81.6 Å². The SMILES string of the molecule is Cc1cccc(N2C[C@H]3C[C@@H]2CN3c2ccc(C(=O)NO)nn2)c1. The van der Waals surface area contributed by atoms with Gasteiger partial charge in [-0.05, 0) is 43.2 Å². The first-order chi connectivity index (χ1) is 11.7. The number of carbonyl (C=O) groups excluding carboxylic acids is 1. The fourth-order valence-electron chi connectivity index (χ4n) is 3.73. The minimum absolute atomic E-state index is 0.104. The molecule has 4 rings (SSSR count). The lowest BCUT2D eigenvalue weighted by Gasteiger charge is -2.36. The minimum Gasteiger partial charge on any atom is -0.365 e. The van der Waals surface area contributed by atoms with Gasteiger partial charge < -0.3 is 9.80 Å². The molecule has 0 aliphatic carbocycles. The van der Waals surface area contributed by atoms with Crippen molar-refractivity contribution in [2.75, 3.05) is 22.9 Å². The van der Waals surface area contributed by atoms with E-state index in [4.69, 9.17) is 5.21 Å². The maximum Gasteiger partial charge on any atom is 0.295 e. The predicted molar refractivity (Wildman–Crippen MR) is 89.3 cm³/mol. The second-order valence-electron chi connectivity index (χ2n) is 6.40. The molecule has 0 radical (unpaired) electrons. The van der Waals surface area contributed by atoms with Gasteiger partial charge in [-0.3, -0.25) is 10.0 Å². The van der Waals surface area contributed by atoms with Crippen LogP contribution >= 0.6 is 0 Å². The van der Waals surface area contributed by atoms with E-state index in [1.54, 1.807) is 17.6 Å². The average molecular weight is 325 g/mol. The summed E-state index contributed by atoms with van der Waals surface area (Å²) in [5.74, 6) is 0.128. The van der Waals surface area contributed by atoms with E-state index < -0.39 is 5.91 Å². The maximum atomic E-state index is 11.3. The largest absolute Gasteiger partial charge is 0.365 e. The van der Waals surface area contributed by atoms with Gasteiger partial charge in [-0.2, -0.15) is 0 Å². The Hall–Kier alpha value is -2.67. The van der Waals surface area contributed by atoms with Crippen molar-refractivity contribution < 1.29 is 10.0 Å². The van der Waals surface area contributed by atoms with Crippen LogP contribution in [0.4, 0.5) is 11.5 Å². The molecule has 3 heterocycles. The van der Waals surface area contributed by atoms with Gasteiger partial charge in [0.15, 0.2) is 11.5 Å². The van der Waals surface area contributed by atoms with E-state index in [2.05, 4.69) is 51.2 Å². The van der Waals surface area contributed by atoms with Crippen LogP contribution < -0.4 is 15.3 Å². The highest BCUT2D eigenvalue weighted by Crippen LogP contribution is 2.36. The second kappa shape index (κ2) is 5.76. The Bertz CT molecular complexity index is 764. The van der Waals surface area contributed by atoms with Crippen molar-refractivity contribution in [2.24, 2.45) is 0 Å². The minimum atomic E-state index is -0.650. The van der Waals surface area contributed by atoms with Gasteiger partial charge in [-0.15, -0.1) is 10.2 Å². The van der Waals surface area contributed by atoms with Crippen LogP contribution in [0.1, 0.15) is 22.5 Å². The maximum absolute atomic E-state index is 11.3. The van der Waals surface area contributed by atoms with E-state index in [-0.39, 0.29) is 5.69 Å². The Morgan fingerprint density at radius 3 is 2.58 bits per heavy atom. The molecule has 2 aliphatic rings. The Balaban J connectivity index is 1.49. The molecule has 2 aromatic rings. The Morgan fingerprint density at radius 2 is 1.96 bits per heavy atom. The summed E-state index contributed by atoms with van der Waals surface area (Å²) in [6.45, 7) is 3.98. The standard InChI is InChI=1S/C17H19N5O2/c1-11-3-2-4-12(7-11)21-9-14-8-13(21)10-22(14)16-6-5-15(18-19-16)17(23)20-24/h2-7,13-14,24H,8-10H2,1H3,(H,20,23)/t13-,14-/m1/s1. The molecule has 2 saturated heterocycles. The monoisotopic (exact) mass is 325 g/mol. The number of hydrogen-bond donors (Lipinski definition) is 2. The van der Waals surface area contributed by atoms with Crippen molar-refractivity contribution in [1.82, 2.24) is 15.7 Å². The molecule has 0 spiro atoms. The Kier molecular flexibility index (Phi) is 3.57. The summed E-state index contributed by atoms with van der Waals surface area (Å²) in [6.07, 6.45) is 1.11. The summed E-state index contributed by atoms with van der Waals surface area (Å²) in [5, 5.41) is 16.7. The number of anilines is 2. The van der Waals surface area contributed by atoms with E-state index in [9.17, 15) is 4.79 Å². The summed E-state index contributed by atoms with van der Waals surface area (Å²) < 4.78 is 0. The first-order valence-corrected chi connectivity index (χ1v) is 8.04. The number of nitrogens with zero attached hydrogens (tertiary/aromatic N) is 4. The van der Waals surface area contributed by atoms with Crippen LogP contribution in [-0.2, 0) is 0 Å². The third-order valence-electron chi connectivity index (χ3n) is 4.85. The number of amides is 1. The quantitative estimate of drug-likeness (QED) is 0.655. The molecule has 2 bridgehead atoms. The van der Waals surface area contributed by atoms with E-state index in [0.29, 0.717) is 12.1 Å². The first-order valence-electron chi connectivity index (χ1n) is 8.04. The molecule has 2 fully saturated rings. The molecular formula is C17H19N5O2. The van der Waals surface area contributed by atoms with Crippen molar-refractivity contribution in [2.45, 2.75) is 25.4 Å². The predicted octanol–water partition coefficient (Wildman–Crippen LogP) is 1.37. The van der Waals surface area contributed by atoms with Crippen LogP contribution in [0.5, 0.6) is 0 Å². The van der Waals surface area contributed by atoms with E-state index in [0.717, 1.165) is 25.3 Å². The summed E-state index contributed by atoms with van der Waals surface area (Å²) in [4.78, 5) is 16.0. The molecule has 1 amide bonds. The highest BCUT2D eigenvalue weighted by molar-refractivity contribution is 5.91. The van der Waals surface area contributed by atoms with Crippen molar-refractivity contribution in [3.05, 3.63) is 47.7 Å². The fourth-order valence-corrected chi connectivity index (χ4v) is 3.73. The molecule has 2 N–H and O–H groups in total. The number of nitrogens with one attached hydrogen (secondary N) is 1. The molecule has 2 aliphatic heterocycles. The number of hydroxylamine groups is 1. The molecule has 7 heteroatoms.